The Bertz CT molecular complexity index is 355. The lowest BCUT2D eigenvalue weighted by Gasteiger charge is -2.15. The van der Waals surface area contributed by atoms with Crippen molar-refractivity contribution in [2.24, 2.45) is 0 Å². The van der Waals surface area contributed by atoms with Gasteiger partial charge in [0.25, 0.3) is 0 Å². The van der Waals surface area contributed by atoms with Gasteiger partial charge in [0.1, 0.15) is 0 Å². The van der Waals surface area contributed by atoms with Crippen LogP contribution in [0, 0.1) is 0 Å². The molecule has 0 amide bonds. The Hall–Kier alpha value is -1.15. The number of methoxy groups -OCH3 is 1. The van der Waals surface area contributed by atoms with Crippen LogP contribution in [0.15, 0.2) is 18.2 Å². The zero-order valence-corrected chi connectivity index (χ0v) is 8.38. The number of carbonyl (C=O) groups excluding carboxylic acids is 1. The molecule has 2 nitrogen and oxygen atoms in total. The Morgan fingerprint density at radius 3 is 3.00 bits per heavy atom. The molecule has 0 heterocycles. The van der Waals surface area contributed by atoms with Crippen molar-refractivity contribution in [3.8, 4) is 0 Å². The summed E-state index contributed by atoms with van der Waals surface area (Å²) in [4.78, 5) is 11.6. The topological polar surface area (TPSA) is 26.3 Å². The zero-order chi connectivity index (χ0) is 9.97. The number of fused-ring (bicyclic) bond motifs is 1. The fourth-order valence-electron chi connectivity index (χ4n) is 1.93. The zero-order valence-electron chi connectivity index (χ0n) is 8.38. The van der Waals surface area contributed by atoms with Crippen molar-refractivity contribution in [2.75, 3.05) is 7.11 Å². The highest BCUT2D eigenvalue weighted by atomic mass is 16.5. The molecule has 0 fully saturated rings. The van der Waals surface area contributed by atoms with Crippen LogP contribution < -0.4 is 0 Å². The molecule has 0 bridgehead atoms. The van der Waals surface area contributed by atoms with E-state index in [4.69, 9.17) is 4.74 Å². The van der Waals surface area contributed by atoms with Crippen LogP contribution in [0.4, 0.5) is 0 Å². The number of carbonyl (C=O) groups is 1. The number of Topliss-reactive ketones (excluding diaryl/α,β-unsaturated/α-hetero) is 1. The van der Waals surface area contributed by atoms with E-state index in [0.717, 1.165) is 24.0 Å². The maximum atomic E-state index is 11.6. The van der Waals surface area contributed by atoms with Gasteiger partial charge in [-0.1, -0.05) is 12.1 Å². The Morgan fingerprint density at radius 1 is 1.36 bits per heavy atom. The van der Waals surface area contributed by atoms with Gasteiger partial charge in [-0.2, -0.15) is 0 Å². The molecule has 1 aliphatic rings. The van der Waals surface area contributed by atoms with Gasteiger partial charge < -0.3 is 4.74 Å². The van der Waals surface area contributed by atoms with E-state index in [1.807, 2.05) is 12.1 Å². The largest absolute Gasteiger partial charge is 0.380 e. The quantitative estimate of drug-likeness (QED) is 0.715. The van der Waals surface area contributed by atoms with Crippen LogP contribution in [-0.4, -0.2) is 12.9 Å². The predicted octanol–water partition coefficient (Wildman–Crippen LogP) is 2.35. The SMILES string of the molecule is COCc1ccc2c(c1)C(=O)CCC2. The molecular weight excluding hydrogens is 176 g/mol. The Morgan fingerprint density at radius 2 is 2.21 bits per heavy atom. The van der Waals surface area contributed by atoms with Crippen molar-refractivity contribution in [1.29, 1.82) is 0 Å². The summed E-state index contributed by atoms with van der Waals surface area (Å²) in [5.41, 5.74) is 3.19. The molecular formula is C12H14O2. The lowest BCUT2D eigenvalue weighted by Crippen LogP contribution is -2.11. The third-order valence-corrected chi connectivity index (χ3v) is 2.64. The van der Waals surface area contributed by atoms with Gasteiger partial charge in [-0.05, 0) is 30.0 Å². The lowest BCUT2D eigenvalue weighted by molar-refractivity contribution is 0.0972. The predicted molar refractivity (Wildman–Crippen MR) is 54.4 cm³/mol. The molecule has 0 radical (unpaired) electrons. The van der Waals surface area contributed by atoms with E-state index in [1.165, 1.54) is 5.56 Å². The minimum absolute atomic E-state index is 0.282. The van der Waals surface area contributed by atoms with Crippen molar-refractivity contribution in [1.82, 2.24) is 0 Å². The van der Waals surface area contributed by atoms with Gasteiger partial charge in [-0.25, -0.2) is 0 Å². The Labute approximate surface area is 83.9 Å². The smallest absolute Gasteiger partial charge is 0.163 e. The molecule has 0 atom stereocenters. The molecule has 0 saturated carbocycles. The van der Waals surface area contributed by atoms with Gasteiger partial charge in [0.2, 0.25) is 0 Å². The monoisotopic (exact) mass is 190 g/mol. The molecule has 0 N–H and O–H groups in total. The van der Waals surface area contributed by atoms with Gasteiger partial charge in [0, 0.05) is 19.1 Å². The van der Waals surface area contributed by atoms with Gasteiger partial charge in [-0.3, -0.25) is 4.79 Å². The number of hydrogen-bond acceptors (Lipinski definition) is 2. The van der Waals surface area contributed by atoms with Crippen molar-refractivity contribution in [3.63, 3.8) is 0 Å². The second kappa shape index (κ2) is 3.93. The van der Waals surface area contributed by atoms with Crippen LogP contribution in [0.25, 0.3) is 0 Å². The highest BCUT2D eigenvalue weighted by Gasteiger charge is 2.16. The van der Waals surface area contributed by atoms with E-state index >= 15 is 0 Å². The maximum absolute atomic E-state index is 11.6. The van der Waals surface area contributed by atoms with Crippen molar-refractivity contribution < 1.29 is 9.53 Å². The molecule has 2 rings (SSSR count). The van der Waals surface area contributed by atoms with Gasteiger partial charge in [0.05, 0.1) is 6.61 Å². The molecule has 0 saturated heterocycles. The summed E-state index contributed by atoms with van der Waals surface area (Å²) in [5, 5.41) is 0. The standard InChI is InChI=1S/C12H14O2/c1-14-8-9-5-6-10-3-2-4-12(13)11(10)7-9/h5-7H,2-4,8H2,1H3. The minimum Gasteiger partial charge on any atom is -0.380 e. The molecule has 0 spiro atoms. The van der Waals surface area contributed by atoms with E-state index in [0.29, 0.717) is 13.0 Å². The van der Waals surface area contributed by atoms with Crippen LogP contribution in [0.5, 0.6) is 0 Å². The second-order valence-corrected chi connectivity index (χ2v) is 3.70. The van der Waals surface area contributed by atoms with Gasteiger partial charge >= 0.3 is 0 Å². The number of rotatable bonds is 2. The van der Waals surface area contributed by atoms with E-state index in [9.17, 15) is 4.79 Å². The molecule has 1 aromatic carbocycles. The molecule has 0 aromatic heterocycles. The molecule has 0 unspecified atom stereocenters. The van der Waals surface area contributed by atoms with E-state index in [-0.39, 0.29) is 5.78 Å². The first-order chi connectivity index (χ1) is 6.81. The summed E-state index contributed by atoms with van der Waals surface area (Å²) in [6.45, 7) is 0.584. The van der Waals surface area contributed by atoms with Crippen LogP contribution in [0.3, 0.4) is 0 Å². The van der Waals surface area contributed by atoms with Crippen molar-refractivity contribution in [3.05, 3.63) is 34.9 Å². The van der Waals surface area contributed by atoms with E-state index in [2.05, 4.69) is 6.07 Å². The molecule has 1 aliphatic carbocycles. The Balaban J connectivity index is 2.36. The first-order valence-electron chi connectivity index (χ1n) is 4.95. The van der Waals surface area contributed by atoms with Crippen LogP contribution in [-0.2, 0) is 17.8 Å². The van der Waals surface area contributed by atoms with E-state index in [1.54, 1.807) is 7.11 Å². The van der Waals surface area contributed by atoms with Crippen molar-refractivity contribution in [2.45, 2.75) is 25.9 Å². The molecule has 74 valence electrons. The highest BCUT2D eigenvalue weighted by molar-refractivity contribution is 5.98. The summed E-state index contributed by atoms with van der Waals surface area (Å²) in [5.74, 6) is 0.282. The number of ketones is 1. The average molecular weight is 190 g/mol. The van der Waals surface area contributed by atoms with Gasteiger partial charge in [-0.15, -0.1) is 0 Å². The second-order valence-electron chi connectivity index (χ2n) is 3.70. The Kier molecular flexibility index (Phi) is 2.64. The number of aryl methyl sites for hydroxylation is 1. The summed E-state index contributed by atoms with van der Waals surface area (Å²) < 4.78 is 5.04. The third-order valence-electron chi connectivity index (χ3n) is 2.64. The lowest BCUT2D eigenvalue weighted by atomic mass is 9.89. The maximum Gasteiger partial charge on any atom is 0.163 e. The minimum atomic E-state index is 0.282. The van der Waals surface area contributed by atoms with Crippen LogP contribution in [0.1, 0.15) is 34.3 Å². The molecule has 1 aromatic rings. The average Bonchev–Trinajstić information content (AvgIpc) is 2.20. The summed E-state index contributed by atoms with van der Waals surface area (Å²) in [7, 11) is 1.67. The number of ether oxygens (including phenoxy) is 1. The third kappa shape index (κ3) is 1.70. The first-order valence-corrected chi connectivity index (χ1v) is 4.95. The van der Waals surface area contributed by atoms with E-state index < -0.39 is 0 Å². The fourth-order valence-corrected chi connectivity index (χ4v) is 1.93. The van der Waals surface area contributed by atoms with Crippen LogP contribution in [0.2, 0.25) is 0 Å². The summed E-state index contributed by atoms with van der Waals surface area (Å²) in [6.07, 6.45) is 2.73. The highest BCUT2D eigenvalue weighted by Crippen LogP contribution is 2.22. The van der Waals surface area contributed by atoms with Crippen LogP contribution >= 0.6 is 0 Å². The van der Waals surface area contributed by atoms with Gasteiger partial charge in [0.15, 0.2) is 5.78 Å². The molecule has 2 heteroatoms. The number of hydrogen-bond donors (Lipinski definition) is 0. The number of benzene rings is 1. The summed E-state index contributed by atoms with van der Waals surface area (Å²) >= 11 is 0. The normalized spacial score (nSPS) is 15.4. The first kappa shape index (κ1) is 9.41. The molecule has 0 aliphatic heterocycles. The fraction of sp³-hybridized carbons (Fsp3) is 0.417. The molecule has 14 heavy (non-hydrogen) atoms. The van der Waals surface area contributed by atoms with Crippen molar-refractivity contribution >= 4 is 5.78 Å². The summed E-state index contributed by atoms with van der Waals surface area (Å²) in [6, 6.07) is 6.07.